The number of para-hydroxylation sites is 1. The molecule has 1 aromatic rings. The number of halogens is 1. The predicted octanol–water partition coefficient (Wildman–Crippen LogP) is 2.13. The molecular formula is C13H19FN2O. The monoisotopic (exact) mass is 238 g/mol. The van der Waals surface area contributed by atoms with Gasteiger partial charge in [-0.15, -0.1) is 0 Å². The molecule has 1 aromatic carbocycles. The Hall–Kier alpha value is -1.29. The molecule has 0 spiro atoms. The molecule has 17 heavy (non-hydrogen) atoms. The zero-order valence-corrected chi connectivity index (χ0v) is 10.2. The maximum absolute atomic E-state index is 13.2. The van der Waals surface area contributed by atoms with Gasteiger partial charge in [-0.3, -0.25) is 0 Å². The molecule has 94 valence electrons. The molecule has 4 heteroatoms. The van der Waals surface area contributed by atoms with Gasteiger partial charge in [0.1, 0.15) is 17.3 Å². The van der Waals surface area contributed by atoms with Crippen molar-refractivity contribution in [2.75, 3.05) is 32.5 Å². The maximum Gasteiger partial charge on any atom is 0.149 e. The van der Waals surface area contributed by atoms with Gasteiger partial charge in [-0.1, -0.05) is 6.07 Å². The smallest absolute Gasteiger partial charge is 0.149 e. The van der Waals surface area contributed by atoms with E-state index in [9.17, 15) is 4.39 Å². The summed E-state index contributed by atoms with van der Waals surface area (Å²) in [6.07, 6.45) is 2.26. The first kappa shape index (κ1) is 12.2. The van der Waals surface area contributed by atoms with Crippen LogP contribution in [0.2, 0.25) is 0 Å². The van der Waals surface area contributed by atoms with Crippen LogP contribution < -0.4 is 10.5 Å². The lowest BCUT2D eigenvalue weighted by molar-refractivity contribution is 0.160. The van der Waals surface area contributed by atoms with Gasteiger partial charge in [0.25, 0.3) is 0 Å². The number of benzene rings is 1. The highest BCUT2D eigenvalue weighted by molar-refractivity contribution is 5.53. The lowest BCUT2D eigenvalue weighted by Crippen LogP contribution is -2.32. The van der Waals surface area contributed by atoms with Crippen LogP contribution in [0.15, 0.2) is 18.2 Å². The van der Waals surface area contributed by atoms with Gasteiger partial charge in [0.05, 0.1) is 6.61 Å². The minimum atomic E-state index is -0.411. The fourth-order valence-corrected chi connectivity index (χ4v) is 2.08. The van der Waals surface area contributed by atoms with E-state index in [0.717, 1.165) is 25.9 Å². The zero-order chi connectivity index (χ0) is 12.3. The Morgan fingerprint density at radius 3 is 2.82 bits per heavy atom. The SMILES string of the molecule is CN1CCC(COc2cccc(F)c2N)CC1. The molecule has 2 rings (SSSR count). The Bertz CT molecular complexity index is 376. The minimum absolute atomic E-state index is 0.112. The highest BCUT2D eigenvalue weighted by Crippen LogP contribution is 2.25. The molecule has 0 saturated carbocycles. The van der Waals surface area contributed by atoms with Gasteiger partial charge >= 0.3 is 0 Å². The van der Waals surface area contributed by atoms with Crippen molar-refractivity contribution in [1.82, 2.24) is 4.90 Å². The molecule has 2 N–H and O–H groups in total. The molecule has 0 amide bonds. The van der Waals surface area contributed by atoms with Gasteiger partial charge in [0.15, 0.2) is 0 Å². The van der Waals surface area contributed by atoms with Gasteiger partial charge in [-0.25, -0.2) is 4.39 Å². The first-order valence-corrected chi connectivity index (χ1v) is 6.02. The number of nitrogens with zero attached hydrogens (tertiary/aromatic N) is 1. The van der Waals surface area contributed by atoms with E-state index in [-0.39, 0.29) is 5.69 Å². The standard InChI is InChI=1S/C13H19FN2O/c1-16-7-5-10(6-8-16)9-17-12-4-2-3-11(14)13(12)15/h2-4,10H,5-9,15H2,1H3. The summed E-state index contributed by atoms with van der Waals surface area (Å²) < 4.78 is 18.8. The van der Waals surface area contributed by atoms with Gasteiger partial charge in [0, 0.05) is 0 Å². The second-order valence-corrected chi connectivity index (χ2v) is 4.71. The van der Waals surface area contributed by atoms with Crippen molar-refractivity contribution in [2.45, 2.75) is 12.8 Å². The summed E-state index contributed by atoms with van der Waals surface area (Å²) in [6, 6.07) is 4.68. The normalized spacial score (nSPS) is 18.2. The van der Waals surface area contributed by atoms with Crippen molar-refractivity contribution in [1.29, 1.82) is 0 Å². The molecule has 1 fully saturated rings. The van der Waals surface area contributed by atoms with E-state index in [2.05, 4.69) is 11.9 Å². The molecule has 0 aliphatic carbocycles. The Morgan fingerprint density at radius 2 is 2.12 bits per heavy atom. The van der Waals surface area contributed by atoms with Crippen LogP contribution in [-0.4, -0.2) is 31.6 Å². The second-order valence-electron chi connectivity index (χ2n) is 4.71. The van der Waals surface area contributed by atoms with Crippen molar-refractivity contribution in [3.05, 3.63) is 24.0 Å². The highest BCUT2D eigenvalue weighted by atomic mass is 19.1. The molecule has 1 saturated heterocycles. The number of anilines is 1. The van der Waals surface area contributed by atoms with Crippen LogP contribution in [0.4, 0.5) is 10.1 Å². The topological polar surface area (TPSA) is 38.5 Å². The Labute approximate surface area is 101 Å². The number of ether oxygens (including phenoxy) is 1. The van der Waals surface area contributed by atoms with Gasteiger partial charge < -0.3 is 15.4 Å². The van der Waals surface area contributed by atoms with Crippen molar-refractivity contribution < 1.29 is 9.13 Å². The molecule has 0 bridgehead atoms. The van der Waals surface area contributed by atoms with E-state index >= 15 is 0 Å². The van der Waals surface area contributed by atoms with Gasteiger partial charge in [-0.2, -0.15) is 0 Å². The van der Waals surface area contributed by atoms with Crippen LogP contribution >= 0.6 is 0 Å². The van der Waals surface area contributed by atoms with Gasteiger partial charge in [0.2, 0.25) is 0 Å². The molecule has 0 aromatic heterocycles. The average molecular weight is 238 g/mol. The zero-order valence-electron chi connectivity index (χ0n) is 10.2. The largest absolute Gasteiger partial charge is 0.491 e. The summed E-state index contributed by atoms with van der Waals surface area (Å²) in [5.74, 6) is 0.601. The summed E-state index contributed by atoms with van der Waals surface area (Å²) in [7, 11) is 2.13. The average Bonchev–Trinajstić information content (AvgIpc) is 2.33. The predicted molar refractivity (Wildman–Crippen MR) is 66.5 cm³/mol. The number of nitrogen functional groups attached to an aromatic ring is 1. The quantitative estimate of drug-likeness (QED) is 0.820. The lowest BCUT2D eigenvalue weighted by Gasteiger charge is -2.28. The van der Waals surface area contributed by atoms with E-state index in [0.29, 0.717) is 18.3 Å². The van der Waals surface area contributed by atoms with Crippen LogP contribution in [0, 0.1) is 11.7 Å². The Morgan fingerprint density at radius 1 is 1.41 bits per heavy atom. The Balaban J connectivity index is 1.87. The van der Waals surface area contributed by atoms with Crippen LogP contribution in [0.5, 0.6) is 5.75 Å². The molecule has 1 aliphatic rings. The molecule has 0 radical (unpaired) electrons. The van der Waals surface area contributed by atoms with Crippen molar-refractivity contribution in [2.24, 2.45) is 5.92 Å². The summed E-state index contributed by atoms with van der Waals surface area (Å²) in [5.41, 5.74) is 5.72. The van der Waals surface area contributed by atoms with Crippen LogP contribution in [0.25, 0.3) is 0 Å². The molecular weight excluding hydrogens is 219 g/mol. The highest BCUT2D eigenvalue weighted by Gasteiger charge is 2.17. The van der Waals surface area contributed by atoms with E-state index in [1.54, 1.807) is 12.1 Å². The number of nitrogens with two attached hydrogens (primary N) is 1. The summed E-state index contributed by atoms with van der Waals surface area (Å²) in [4.78, 5) is 2.31. The van der Waals surface area contributed by atoms with Gasteiger partial charge in [-0.05, 0) is 51.0 Å². The Kier molecular flexibility index (Phi) is 3.84. The van der Waals surface area contributed by atoms with Crippen molar-refractivity contribution in [3.63, 3.8) is 0 Å². The molecule has 1 aliphatic heterocycles. The maximum atomic E-state index is 13.2. The van der Waals surface area contributed by atoms with E-state index in [1.807, 2.05) is 0 Å². The fourth-order valence-electron chi connectivity index (χ4n) is 2.08. The summed E-state index contributed by atoms with van der Waals surface area (Å²) in [6.45, 7) is 2.83. The first-order valence-electron chi connectivity index (χ1n) is 6.02. The third-order valence-electron chi connectivity index (χ3n) is 3.33. The summed E-state index contributed by atoms with van der Waals surface area (Å²) >= 11 is 0. The lowest BCUT2D eigenvalue weighted by atomic mass is 9.98. The third kappa shape index (κ3) is 3.09. The van der Waals surface area contributed by atoms with E-state index in [4.69, 9.17) is 10.5 Å². The third-order valence-corrected chi connectivity index (χ3v) is 3.33. The number of rotatable bonds is 3. The van der Waals surface area contributed by atoms with Crippen LogP contribution in [0.3, 0.4) is 0 Å². The first-order chi connectivity index (χ1) is 8.16. The molecule has 0 unspecified atom stereocenters. The van der Waals surface area contributed by atoms with Crippen LogP contribution in [0.1, 0.15) is 12.8 Å². The minimum Gasteiger partial charge on any atom is -0.491 e. The molecule has 3 nitrogen and oxygen atoms in total. The number of piperidine rings is 1. The molecule has 1 heterocycles. The van der Waals surface area contributed by atoms with E-state index in [1.165, 1.54) is 6.07 Å². The number of likely N-dealkylation sites (tertiary alicyclic amines) is 1. The van der Waals surface area contributed by atoms with Crippen LogP contribution in [-0.2, 0) is 0 Å². The number of hydrogen-bond acceptors (Lipinski definition) is 3. The molecule has 0 atom stereocenters. The van der Waals surface area contributed by atoms with Crippen molar-refractivity contribution in [3.8, 4) is 5.75 Å². The van der Waals surface area contributed by atoms with E-state index < -0.39 is 5.82 Å². The fraction of sp³-hybridized carbons (Fsp3) is 0.538. The number of hydrogen-bond donors (Lipinski definition) is 1. The second kappa shape index (κ2) is 5.36. The van der Waals surface area contributed by atoms with Crippen molar-refractivity contribution >= 4 is 5.69 Å². The summed E-state index contributed by atoms with van der Waals surface area (Å²) in [5, 5.41) is 0.